The molecule has 0 unspecified atom stereocenters. The quantitative estimate of drug-likeness (QED) is 0.342. The van der Waals surface area contributed by atoms with E-state index in [2.05, 4.69) is 15.0 Å². The van der Waals surface area contributed by atoms with Gasteiger partial charge < -0.3 is 14.5 Å². The van der Waals surface area contributed by atoms with Crippen LogP contribution >= 0.6 is 11.8 Å². The first-order chi connectivity index (χ1) is 14.0. The lowest BCUT2D eigenvalue weighted by atomic mass is 10.2. The molecule has 0 bridgehead atoms. The van der Waals surface area contributed by atoms with Gasteiger partial charge in [-0.25, -0.2) is 4.98 Å². The first-order valence-corrected chi connectivity index (χ1v) is 10.00. The van der Waals surface area contributed by atoms with Crippen LogP contribution in [0.25, 0.3) is 10.9 Å². The zero-order valence-corrected chi connectivity index (χ0v) is 16.9. The lowest BCUT2D eigenvalue weighted by Crippen LogP contribution is -2.29. The van der Waals surface area contributed by atoms with E-state index >= 15 is 0 Å². The number of hydrogen-bond acceptors (Lipinski definition) is 7. The van der Waals surface area contributed by atoms with Crippen LogP contribution in [-0.2, 0) is 20.9 Å². The number of thioether (sulfide) groups is 1. The van der Waals surface area contributed by atoms with Gasteiger partial charge >= 0.3 is 5.97 Å². The van der Waals surface area contributed by atoms with Gasteiger partial charge in [-0.3, -0.25) is 19.0 Å². The molecular formula is C20H21N3O5S. The topological polar surface area (TPSA) is 103 Å². The summed E-state index contributed by atoms with van der Waals surface area (Å²) in [6.45, 7) is 1.94. The highest BCUT2D eigenvalue weighted by Gasteiger charge is 2.16. The van der Waals surface area contributed by atoms with E-state index in [9.17, 15) is 14.4 Å². The molecule has 0 fully saturated rings. The summed E-state index contributed by atoms with van der Waals surface area (Å²) < 4.78 is 11.4. The summed E-state index contributed by atoms with van der Waals surface area (Å²) in [5.41, 5.74) is 0.282. The van der Waals surface area contributed by atoms with Crippen molar-refractivity contribution in [2.45, 2.75) is 31.1 Å². The van der Waals surface area contributed by atoms with E-state index < -0.39 is 5.97 Å². The van der Waals surface area contributed by atoms with Crippen LogP contribution in [0, 0.1) is 0 Å². The van der Waals surface area contributed by atoms with Crippen molar-refractivity contribution in [2.75, 3.05) is 12.9 Å². The molecule has 0 spiro atoms. The minimum atomic E-state index is -0.425. The Hall–Kier alpha value is -3.07. The van der Waals surface area contributed by atoms with Gasteiger partial charge in [0.2, 0.25) is 5.91 Å². The van der Waals surface area contributed by atoms with E-state index in [0.717, 1.165) is 11.8 Å². The van der Waals surface area contributed by atoms with Gasteiger partial charge in [0.15, 0.2) is 5.16 Å². The molecule has 152 valence electrons. The van der Waals surface area contributed by atoms with Gasteiger partial charge in [0, 0.05) is 6.54 Å². The number of aromatic nitrogens is 2. The van der Waals surface area contributed by atoms with E-state index in [4.69, 9.17) is 4.42 Å². The molecule has 3 aromatic rings. The Balaban J connectivity index is 1.78. The molecule has 0 aliphatic heterocycles. The minimum absolute atomic E-state index is 0.0334. The maximum atomic E-state index is 12.9. The Labute approximate surface area is 171 Å². The summed E-state index contributed by atoms with van der Waals surface area (Å²) in [6, 6.07) is 10.2. The number of benzene rings is 1. The first-order valence-electron chi connectivity index (χ1n) is 9.01. The predicted octanol–water partition coefficient (Wildman–Crippen LogP) is 2.52. The number of carbonyl (C=O) groups is 2. The first kappa shape index (κ1) is 20.7. The van der Waals surface area contributed by atoms with Crippen molar-refractivity contribution in [1.29, 1.82) is 0 Å². The summed E-state index contributed by atoms with van der Waals surface area (Å²) >= 11 is 1.14. The van der Waals surface area contributed by atoms with Crippen LogP contribution < -0.4 is 10.9 Å². The number of ether oxygens (including phenoxy) is 1. The van der Waals surface area contributed by atoms with Gasteiger partial charge in [-0.15, -0.1) is 0 Å². The van der Waals surface area contributed by atoms with Crippen molar-refractivity contribution in [3.63, 3.8) is 0 Å². The van der Waals surface area contributed by atoms with Gasteiger partial charge in [0.25, 0.3) is 5.56 Å². The number of esters is 1. The average Bonchev–Trinajstić information content (AvgIpc) is 3.26. The van der Waals surface area contributed by atoms with Crippen LogP contribution in [0.15, 0.2) is 57.0 Å². The van der Waals surface area contributed by atoms with Crippen molar-refractivity contribution in [1.82, 2.24) is 14.9 Å². The second kappa shape index (κ2) is 9.42. The monoisotopic (exact) mass is 415 g/mol. The summed E-state index contributed by atoms with van der Waals surface area (Å²) in [6.07, 6.45) is 1.58. The Kier molecular flexibility index (Phi) is 6.71. The smallest absolute Gasteiger partial charge is 0.307 e. The van der Waals surface area contributed by atoms with Crippen LogP contribution in [-0.4, -0.2) is 34.3 Å². The van der Waals surface area contributed by atoms with Gasteiger partial charge in [-0.1, -0.05) is 23.9 Å². The molecule has 0 aliphatic rings. The molecular weight excluding hydrogens is 394 g/mol. The molecule has 2 aromatic heterocycles. The number of fused-ring (bicyclic) bond motifs is 1. The molecule has 1 atom stereocenters. The largest absolute Gasteiger partial charge is 0.469 e. The number of nitrogens with one attached hydrogen (secondary N) is 1. The van der Waals surface area contributed by atoms with Gasteiger partial charge in [-0.05, 0) is 31.2 Å². The lowest BCUT2D eigenvalue weighted by molar-refractivity contribution is -0.140. The molecule has 8 nitrogen and oxygen atoms in total. The van der Waals surface area contributed by atoms with Gasteiger partial charge in [-0.2, -0.15) is 0 Å². The number of nitrogens with zero attached hydrogens (tertiary/aromatic N) is 2. The SMILES string of the molecule is COC(=O)CCn1c(SCC(=O)N[C@H](C)c2ccco2)nc2ccccc2c1=O. The average molecular weight is 415 g/mol. The fourth-order valence-electron chi connectivity index (χ4n) is 2.78. The Bertz CT molecular complexity index is 1060. The Morgan fingerprint density at radius 2 is 2.07 bits per heavy atom. The number of furan rings is 1. The number of methoxy groups -OCH3 is 1. The summed E-state index contributed by atoms with van der Waals surface area (Å²) in [7, 11) is 1.30. The summed E-state index contributed by atoms with van der Waals surface area (Å²) in [5, 5.41) is 3.67. The van der Waals surface area contributed by atoms with Crippen molar-refractivity contribution < 1.29 is 18.7 Å². The fraction of sp³-hybridized carbons (Fsp3) is 0.300. The number of rotatable bonds is 8. The van der Waals surface area contributed by atoms with Crippen molar-refractivity contribution in [3.05, 3.63) is 58.8 Å². The third kappa shape index (κ3) is 5.05. The number of para-hydroxylation sites is 1. The van der Waals surface area contributed by atoms with Crippen LogP contribution in [0.4, 0.5) is 0 Å². The number of hydrogen-bond donors (Lipinski definition) is 1. The second-order valence-electron chi connectivity index (χ2n) is 6.29. The second-order valence-corrected chi connectivity index (χ2v) is 7.23. The molecule has 3 rings (SSSR count). The zero-order valence-electron chi connectivity index (χ0n) is 16.1. The molecule has 9 heteroatoms. The normalized spacial score (nSPS) is 11.9. The molecule has 29 heavy (non-hydrogen) atoms. The van der Waals surface area contributed by atoms with E-state index in [-0.39, 0.29) is 36.2 Å². The third-order valence-corrected chi connectivity index (χ3v) is 5.25. The van der Waals surface area contributed by atoms with Crippen LogP contribution in [0.1, 0.15) is 25.1 Å². The molecule has 0 aliphatic carbocycles. The van der Waals surface area contributed by atoms with Crippen LogP contribution in [0.3, 0.4) is 0 Å². The Morgan fingerprint density at radius 1 is 1.28 bits per heavy atom. The van der Waals surface area contributed by atoms with E-state index in [1.54, 1.807) is 42.7 Å². The van der Waals surface area contributed by atoms with E-state index in [0.29, 0.717) is 21.8 Å². The molecule has 0 saturated heterocycles. The van der Waals surface area contributed by atoms with Crippen LogP contribution in [0.5, 0.6) is 0 Å². The highest BCUT2D eigenvalue weighted by atomic mass is 32.2. The lowest BCUT2D eigenvalue weighted by Gasteiger charge is -2.14. The standard InChI is InChI=1S/C20H21N3O5S/c1-13(16-8-5-11-28-16)21-17(24)12-29-20-22-15-7-4-3-6-14(15)19(26)23(20)10-9-18(25)27-2/h3-8,11,13H,9-10,12H2,1-2H3,(H,21,24)/t13-/m1/s1. The molecule has 1 N–H and O–H groups in total. The van der Waals surface area contributed by atoms with Crippen molar-refractivity contribution in [3.8, 4) is 0 Å². The predicted molar refractivity (Wildman–Crippen MR) is 109 cm³/mol. The van der Waals surface area contributed by atoms with Crippen LogP contribution in [0.2, 0.25) is 0 Å². The third-order valence-electron chi connectivity index (χ3n) is 4.27. The maximum Gasteiger partial charge on any atom is 0.307 e. The fourth-order valence-corrected chi connectivity index (χ4v) is 3.62. The van der Waals surface area contributed by atoms with Crippen molar-refractivity contribution in [2.24, 2.45) is 0 Å². The highest BCUT2D eigenvalue weighted by molar-refractivity contribution is 7.99. The molecule has 1 aromatic carbocycles. The van der Waals surface area contributed by atoms with E-state index in [1.807, 2.05) is 6.92 Å². The molecule has 1 amide bonds. The Morgan fingerprint density at radius 3 is 2.79 bits per heavy atom. The number of amides is 1. The van der Waals surface area contributed by atoms with E-state index in [1.165, 1.54) is 11.7 Å². The summed E-state index contributed by atoms with van der Waals surface area (Å²) in [4.78, 5) is 41.3. The zero-order chi connectivity index (χ0) is 20.8. The van der Waals surface area contributed by atoms with Gasteiger partial charge in [0.05, 0.1) is 42.5 Å². The molecule has 0 radical (unpaired) electrons. The van der Waals surface area contributed by atoms with Crippen molar-refractivity contribution >= 4 is 34.5 Å². The number of carbonyl (C=O) groups excluding carboxylic acids is 2. The summed E-state index contributed by atoms with van der Waals surface area (Å²) in [5.74, 6) is 0.0719. The molecule has 0 saturated carbocycles. The molecule has 2 heterocycles. The highest BCUT2D eigenvalue weighted by Crippen LogP contribution is 2.19. The maximum absolute atomic E-state index is 12.9. The minimum Gasteiger partial charge on any atom is -0.469 e. The van der Waals surface area contributed by atoms with Gasteiger partial charge in [0.1, 0.15) is 5.76 Å².